The third-order valence-electron chi connectivity index (χ3n) is 5.28. The van der Waals surface area contributed by atoms with E-state index in [4.69, 9.17) is 16.3 Å². The largest absolute Gasteiger partial charge is 0.383 e. The van der Waals surface area contributed by atoms with Gasteiger partial charge in [-0.05, 0) is 41.3 Å². The summed E-state index contributed by atoms with van der Waals surface area (Å²) in [6.45, 7) is 0.682. The van der Waals surface area contributed by atoms with Gasteiger partial charge >= 0.3 is 0 Å². The van der Waals surface area contributed by atoms with Crippen LogP contribution in [0.5, 0.6) is 0 Å². The first kappa shape index (κ1) is 21.5. The molecule has 0 saturated carbocycles. The number of anilines is 1. The molecule has 160 valence electrons. The van der Waals surface area contributed by atoms with Crippen LogP contribution in [0.3, 0.4) is 0 Å². The fraction of sp³-hybridized carbons (Fsp3) is 0.217. The lowest BCUT2D eigenvalue weighted by Crippen LogP contribution is -2.47. The first-order valence-electron chi connectivity index (χ1n) is 9.69. The van der Waals surface area contributed by atoms with Gasteiger partial charge in [0.15, 0.2) is 0 Å². The van der Waals surface area contributed by atoms with Crippen LogP contribution in [0.1, 0.15) is 32.8 Å². The first-order chi connectivity index (χ1) is 15.0. The Hall–Kier alpha value is -2.74. The number of nitrogens with zero attached hydrogens (tertiary/aromatic N) is 1. The van der Waals surface area contributed by atoms with Gasteiger partial charge in [0.25, 0.3) is 5.91 Å². The molecule has 0 bridgehead atoms. The summed E-state index contributed by atoms with van der Waals surface area (Å²) in [5.41, 5.74) is 1.45. The molecular formula is C23H20ClFN2O3S. The summed E-state index contributed by atoms with van der Waals surface area (Å²) >= 11 is 7.62. The van der Waals surface area contributed by atoms with Crippen molar-refractivity contribution in [2.24, 2.45) is 0 Å². The van der Waals surface area contributed by atoms with E-state index in [9.17, 15) is 14.0 Å². The second-order valence-electron chi connectivity index (χ2n) is 7.13. The summed E-state index contributed by atoms with van der Waals surface area (Å²) in [7, 11) is 1.57. The normalized spacial score (nSPS) is 18.0. The zero-order chi connectivity index (χ0) is 22.0. The molecule has 4 rings (SSSR count). The van der Waals surface area contributed by atoms with Gasteiger partial charge in [0.05, 0.1) is 29.3 Å². The fourth-order valence-electron chi connectivity index (χ4n) is 3.89. The Morgan fingerprint density at radius 2 is 2.03 bits per heavy atom. The highest BCUT2D eigenvalue weighted by Crippen LogP contribution is 2.44. The number of hydrogen-bond acceptors (Lipinski definition) is 4. The Bertz CT molecular complexity index is 1110. The molecule has 1 aliphatic heterocycles. The van der Waals surface area contributed by atoms with E-state index < -0.39 is 17.8 Å². The van der Waals surface area contributed by atoms with E-state index in [0.717, 1.165) is 10.9 Å². The molecule has 3 aromatic rings. The minimum absolute atomic E-state index is 0.109. The summed E-state index contributed by atoms with van der Waals surface area (Å²) in [6.07, 6.45) is 0. The molecule has 1 aromatic heterocycles. The molecule has 2 atom stereocenters. The lowest BCUT2D eigenvalue weighted by molar-refractivity contribution is -0.119. The predicted octanol–water partition coefficient (Wildman–Crippen LogP) is 5.11. The van der Waals surface area contributed by atoms with E-state index >= 15 is 0 Å². The number of amides is 2. The number of thiophene rings is 1. The van der Waals surface area contributed by atoms with Gasteiger partial charge in [-0.15, -0.1) is 11.3 Å². The monoisotopic (exact) mass is 458 g/mol. The number of hydrogen-bond donors (Lipinski definition) is 1. The zero-order valence-electron chi connectivity index (χ0n) is 16.7. The minimum Gasteiger partial charge on any atom is -0.383 e. The molecule has 8 heteroatoms. The van der Waals surface area contributed by atoms with Crippen molar-refractivity contribution in [1.29, 1.82) is 0 Å². The maximum atomic E-state index is 13.6. The molecule has 31 heavy (non-hydrogen) atoms. The lowest BCUT2D eigenvalue weighted by Gasteiger charge is -2.41. The van der Waals surface area contributed by atoms with Crippen LogP contribution in [0.15, 0.2) is 60.0 Å². The van der Waals surface area contributed by atoms with Crippen LogP contribution in [-0.2, 0) is 9.53 Å². The summed E-state index contributed by atoms with van der Waals surface area (Å²) < 4.78 is 18.7. The number of benzene rings is 2. The molecule has 5 nitrogen and oxygen atoms in total. The van der Waals surface area contributed by atoms with E-state index in [1.807, 2.05) is 23.6 Å². The standard InChI is InChI=1S/C23H20ClFN2O3S/c1-30-11-10-27-21(19-7-4-12-31-19)20(15-5-2-3-6-16(15)23(27)29)22(28)26-18-9-8-14(25)13-17(18)24/h2-9,12-13,20-21H,10-11H2,1H3,(H,26,28)/t20-,21-/m0/s1. The Kier molecular flexibility index (Phi) is 6.36. The molecule has 0 aliphatic carbocycles. The highest BCUT2D eigenvalue weighted by Gasteiger charge is 2.44. The average molecular weight is 459 g/mol. The lowest BCUT2D eigenvalue weighted by atomic mass is 9.81. The van der Waals surface area contributed by atoms with Crippen molar-refractivity contribution >= 4 is 40.4 Å². The van der Waals surface area contributed by atoms with Crippen LogP contribution in [0, 0.1) is 5.82 Å². The van der Waals surface area contributed by atoms with Gasteiger partial charge < -0.3 is 15.0 Å². The highest BCUT2D eigenvalue weighted by molar-refractivity contribution is 7.10. The number of halogens is 2. The van der Waals surface area contributed by atoms with Crippen molar-refractivity contribution in [3.8, 4) is 0 Å². The topological polar surface area (TPSA) is 58.6 Å². The average Bonchev–Trinajstić information content (AvgIpc) is 3.29. The smallest absolute Gasteiger partial charge is 0.254 e. The molecule has 1 aliphatic rings. The van der Waals surface area contributed by atoms with Crippen molar-refractivity contribution < 1.29 is 18.7 Å². The third kappa shape index (κ3) is 4.21. The number of methoxy groups -OCH3 is 1. The molecule has 0 unspecified atom stereocenters. The molecule has 0 radical (unpaired) electrons. The van der Waals surface area contributed by atoms with Gasteiger partial charge in [-0.1, -0.05) is 35.9 Å². The predicted molar refractivity (Wildman–Crippen MR) is 119 cm³/mol. The minimum atomic E-state index is -0.675. The molecule has 0 fully saturated rings. The highest BCUT2D eigenvalue weighted by atomic mass is 35.5. The van der Waals surface area contributed by atoms with Crippen molar-refractivity contribution in [3.63, 3.8) is 0 Å². The van der Waals surface area contributed by atoms with E-state index in [1.165, 1.54) is 23.5 Å². The molecule has 0 saturated heterocycles. The quantitative estimate of drug-likeness (QED) is 0.558. The number of carbonyl (C=O) groups excluding carboxylic acids is 2. The van der Waals surface area contributed by atoms with Crippen molar-refractivity contribution in [1.82, 2.24) is 4.90 Å². The second-order valence-corrected chi connectivity index (χ2v) is 8.52. The summed E-state index contributed by atoms with van der Waals surface area (Å²) in [5.74, 6) is -1.63. The Labute approximate surface area is 188 Å². The van der Waals surface area contributed by atoms with E-state index in [2.05, 4.69) is 5.32 Å². The van der Waals surface area contributed by atoms with Crippen molar-refractivity contribution in [2.75, 3.05) is 25.6 Å². The SMILES string of the molecule is COCCN1C(=O)c2ccccc2[C@H](C(=O)Nc2ccc(F)cc2Cl)[C@@H]1c1cccs1. The molecule has 2 amide bonds. The summed E-state index contributed by atoms with van der Waals surface area (Å²) in [5, 5.41) is 4.86. The van der Waals surface area contributed by atoms with Gasteiger partial charge in [0.1, 0.15) is 5.82 Å². The molecule has 2 heterocycles. The number of nitrogens with one attached hydrogen (secondary N) is 1. The third-order valence-corrected chi connectivity index (χ3v) is 6.54. The fourth-order valence-corrected chi connectivity index (χ4v) is 4.98. The van der Waals surface area contributed by atoms with Gasteiger partial charge in [0.2, 0.25) is 5.91 Å². The zero-order valence-corrected chi connectivity index (χ0v) is 18.3. The number of ether oxygens (including phenoxy) is 1. The van der Waals surface area contributed by atoms with Crippen molar-refractivity contribution in [3.05, 3.63) is 86.8 Å². The van der Waals surface area contributed by atoms with E-state index in [1.54, 1.807) is 30.2 Å². The molecule has 2 aromatic carbocycles. The van der Waals surface area contributed by atoms with Gasteiger partial charge in [-0.3, -0.25) is 9.59 Å². The maximum absolute atomic E-state index is 13.6. The van der Waals surface area contributed by atoms with Crippen molar-refractivity contribution in [2.45, 2.75) is 12.0 Å². The van der Waals surface area contributed by atoms with Crippen LogP contribution in [0.25, 0.3) is 0 Å². The second kappa shape index (κ2) is 9.18. The summed E-state index contributed by atoms with van der Waals surface area (Å²) in [4.78, 5) is 29.5. The number of carbonyl (C=O) groups is 2. The van der Waals surface area contributed by atoms with Crippen LogP contribution in [-0.4, -0.2) is 37.0 Å². The van der Waals surface area contributed by atoms with Crippen LogP contribution < -0.4 is 5.32 Å². The van der Waals surface area contributed by atoms with Crippen LogP contribution >= 0.6 is 22.9 Å². The van der Waals surface area contributed by atoms with Gasteiger partial charge in [0, 0.05) is 24.1 Å². The Morgan fingerprint density at radius 3 is 2.74 bits per heavy atom. The van der Waals surface area contributed by atoms with E-state index in [-0.39, 0.29) is 16.8 Å². The molecular weight excluding hydrogens is 439 g/mol. The van der Waals surface area contributed by atoms with E-state index in [0.29, 0.717) is 30.0 Å². The van der Waals surface area contributed by atoms with Gasteiger partial charge in [-0.2, -0.15) is 0 Å². The van der Waals surface area contributed by atoms with Crippen LogP contribution in [0.4, 0.5) is 10.1 Å². The number of fused-ring (bicyclic) bond motifs is 1. The molecule has 0 spiro atoms. The molecule has 1 N–H and O–H groups in total. The maximum Gasteiger partial charge on any atom is 0.254 e. The Morgan fingerprint density at radius 1 is 1.23 bits per heavy atom. The van der Waals surface area contributed by atoms with Crippen LogP contribution in [0.2, 0.25) is 5.02 Å². The van der Waals surface area contributed by atoms with Gasteiger partial charge in [-0.25, -0.2) is 4.39 Å². The Balaban J connectivity index is 1.80. The number of rotatable bonds is 6. The first-order valence-corrected chi connectivity index (χ1v) is 10.9. The summed E-state index contributed by atoms with van der Waals surface area (Å²) in [6, 6.07) is 14.3.